The molecule has 0 saturated heterocycles. The van der Waals surface area contributed by atoms with Crippen molar-refractivity contribution in [1.29, 1.82) is 0 Å². The fourth-order valence-corrected chi connectivity index (χ4v) is 3.69. The predicted octanol–water partition coefficient (Wildman–Crippen LogP) is 3.50. The van der Waals surface area contributed by atoms with Gasteiger partial charge in [-0.15, -0.1) is 0 Å². The van der Waals surface area contributed by atoms with Crippen molar-refractivity contribution in [2.24, 2.45) is 5.92 Å². The quantitative estimate of drug-likeness (QED) is 0.510. The first-order valence-corrected chi connectivity index (χ1v) is 9.88. The molecule has 0 aliphatic carbocycles. The Balaban J connectivity index is 2.02. The normalized spacial score (nSPS) is 11.5. The Labute approximate surface area is 172 Å². The number of benzene rings is 2. The first-order valence-electron chi connectivity index (χ1n) is 9.88. The van der Waals surface area contributed by atoms with Crippen LogP contribution in [-0.4, -0.2) is 18.7 Å². The van der Waals surface area contributed by atoms with Crippen molar-refractivity contribution < 1.29 is 4.39 Å². The van der Waals surface area contributed by atoms with Gasteiger partial charge in [0.1, 0.15) is 5.82 Å². The van der Waals surface area contributed by atoms with Crippen LogP contribution in [0.2, 0.25) is 0 Å². The summed E-state index contributed by atoms with van der Waals surface area (Å²) < 4.78 is 18.1. The lowest BCUT2D eigenvalue weighted by Crippen LogP contribution is -2.41. The Morgan fingerprint density at radius 1 is 1.07 bits per heavy atom. The Morgan fingerprint density at radius 2 is 1.83 bits per heavy atom. The molecular weight excluding hydrogens is 383 g/mol. The van der Waals surface area contributed by atoms with Crippen LogP contribution in [0.1, 0.15) is 25.0 Å². The van der Waals surface area contributed by atoms with Gasteiger partial charge in [0, 0.05) is 13.1 Å². The second-order valence-electron chi connectivity index (χ2n) is 7.89. The highest BCUT2D eigenvalue weighted by atomic mass is 19.1. The van der Waals surface area contributed by atoms with Crippen LogP contribution < -0.4 is 11.2 Å². The molecule has 2 heterocycles. The topological polar surface area (TPSA) is 61.8 Å². The predicted molar refractivity (Wildman–Crippen MR) is 115 cm³/mol. The molecule has 0 amide bonds. The number of hydrogen-bond donors (Lipinski definition) is 0. The molecule has 30 heavy (non-hydrogen) atoms. The van der Waals surface area contributed by atoms with Crippen LogP contribution in [0.3, 0.4) is 0 Å². The highest BCUT2D eigenvalue weighted by molar-refractivity contribution is 5.73. The van der Waals surface area contributed by atoms with E-state index in [9.17, 15) is 14.0 Å². The van der Waals surface area contributed by atoms with Gasteiger partial charge >= 0.3 is 5.69 Å². The second kappa shape index (κ2) is 7.74. The van der Waals surface area contributed by atoms with Crippen molar-refractivity contribution >= 4 is 11.2 Å². The SMILES string of the molecule is Cc1ccccc1-n1c(=O)n(CC(C)C)c(=O)c2c1ncn2Cc1cccc(F)c1. The van der Waals surface area contributed by atoms with E-state index in [0.29, 0.717) is 29.0 Å². The monoisotopic (exact) mass is 406 g/mol. The summed E-state index contributed by atoms with van der Waals surface area (Å²) in [5.41, 5.74) is 2.11. The van der Waals surface area contributed by atoms with Crippen molar-refractivity contribution in [2.75, 3.05) is 0 Å². The molecule has 0 saturated carbocycles. The molecule has 0 fully saturated rings. The number of halogens is 1. The number of rotatable bonds is 5. The van der Waals surface area contributed by atoms with E-state index in [2.05, 4.69) is 4.98 Å². The zero-order chi connectivity index (χ0) is 21.4. The summed E-state index contributed by atoms with van der Waals surface area (Å²) in [7, 11) is 0. The van der Waals surface area contributed by atoms with E-state index in [4.69, 9.17) is 0 Å². The zero-order valence-corrected chi connectivity index (χ0v) is 17.2. The number of imidazole rings is 1. The van der Waals surface area contributed by atoms with E-state index in [1.807, 2.05) is 45.0 Å². The summed E-state index contributed by atoms with van der Waals surface area (Å²) in [5.74, 6) is -0.233. The summed E-state index contributed by atoms with van der Waals surface area (Å²) in [6, 6.07) is 13.7. The van der Waals surface area contributed by atoms with Crippen molar-refractivity contribution in [1.82, 2.24) is 18.7 Å². The molecule has 4 rings (SSSR count). The van der Waals surface area contributed by atoms with Crippen molar-refractivity contribution in [2.45, 2.75) is 33.9 Å². The lowest BCUT2D eigenvalue weighted by Gasteiger charge is -2.15. The first-order chi connectivity index (χ1) is 14.4. The van der Waals surface area contributed by atoms with Crippen LogP contribution in [-0.2, 0) is 13.1 Å². The van der Waals surface area contributed by atoms with Gasteiger partial charge in [-0.3, -0.25) is 9.36 Å². The molecule has 0 bridgehead atoms. The van der Waals surface area contributed by atoms with Gasteiger partial charge in [0.25, 0.3) is 5.56 Å². The molecule has 7 heteroatoms. The largest absolute Gasteiger partial charge is 0.337 e. The van der Waals surface area contributed by atoms with Crippen molar-refractivity contribution in [3.8, 4) is 5.69 Å². The van der Waals surface area contributed by atoms with E-state index >= 15 is 0 Å². The summed E-state index contributed by atoms with van der Waals surface area (Å²) in [6.07, 6.45) is 1.53. The molecule has 0 unspecified atom stereocenters. The summed E-state index contributed by atoms with van der Waals surface area (Å²) in [4.78, 5) is 31.1. The highest BCUT2D eigenvalue weighted by Crippen LogP contribution is 2.18. The minimum Gasteiger partial charge on any atom is -0.320 e. The van der Waals surface area contributed by atoms with Crippen LogP contribution in [0.5, 0.6) is 0 Å². The van der Waals surface area contributed by atoms with Gasteiger partial charge in [-0.1, -0.05) is 44.2 Å². The van der Waals surface area contributed by atoms with Gasteiger partial charge in [0.05, 0.1) is 12.0 Å². The molecule has 0 aliphatic heterocycles. The molecule has 2 aromatic carbocycles. The molecule has 6 nitrogen and oxygen atoms in total. The number of fused-ring (bicyclic) bond motifs is 1. The van der Waals surface area contributed by atoms with Gasteiger partial charge in [0.2, 0.25) is 0 Å². The van der Waals surface area contributed by atoms with E-state index < -0.39 is 5.69 Å². The minimum atomic E-state index is -0.411. The van der Waals surface area contributed by atoms with E-state index in [1.54, 1.807) is 16.7 Å². The molecule has 0 aliphatic rings. The summed E-state index contributed by atoms with van der Waals surface area (Å²) in [5, 5.41) is 0. The lowest BCUT2D eigenvalue weighted by molar-refractivity contribution is 0.488. The average Bonchev–Trinajstić information content (AvgIpc) is 3.10. The Morgan fingerprint density at radius 3 is 2.53 bits per heavy atom. The zero-order valence-electron chi connectivity index (χ0n) is 17.2. The molecule has 0 atom stereocenters. The molecule has 154 valence electrons. The molecule has 4 aromatic rings. The van der Waals surface area contributed by atoms with Crippen molar-refractivity contribution in [3.05, 3.63) is 92.6 Å². The van der Waals surface area contributed by atoms with Crippen LogP contribution >= 0.6 is 0 Å². The van der Waals surface area contributed by atoms with Crippen LogP contribution in [0.25, 0.3) is 16.9 Å². The van der Waals surface area contributed by atoms with Gasteiger partial charge in [-0.05, 0) is 42.2 Å². The Bertz CT molecular complexity index is 1350. The van der Waals surface area contributed by atoms with Crippen LogP contribution in [0.15, 0.2) is 64.4 Å². The number of hydrogen-bond acceptors (Lipinski definition) is 3. The third-order valence-electron chi connectivity index (χ3n) is 5.05. The maximum atomic E-state index is 13.6. The number of aromatic nitrogens is 4. The molecule has 0 radical (unpaired) electrons. The minimum absolute atomic E-state index is 0.109. The van der Waals surface area contributed by atoms with Gasteiger partial charge in [0.15, 0.2) is 11.2 Å². The highest BCUT2D eigenvalue weighted by Gasteiger charge is 2.20. The maximum absolute atomic E-state index is 13.6. The maximum Gasteiger partial charge on any atom is 0.337 e. The molecule has 2 aromatic heterocycles. The van der Waals surface area contributed by atoms with E-state index in [-0.39, 0.29) is 23.8 Å². The molecule has 0 N–H and O–H groups in total. The number of aryl methyl sites for hydroxylation is 1. The Hall–Kier alpha value is -3.48. The smallest absolute Gasteiger partial charge is 0.320 e. The third kappa shape index (κ3) is 3.47. The fraction of sp³-hybridized carbons (Fsp3) is 0.261. The third-order valence-corrected chi connectivity index (χ3v) is 5.05. The van der Waals surface area contributed by atoms with Crippen molar-refractivity contribution in [3.63, 3.8) is 0 Å². The summed E-state index contributed by atoms with van der Waals surface area (Å²) in [6.45, 7) is 6.40. The van der Waals surface area contributed by atoms with Gasteiger partial charge in [-0.2, -0.15) is 0 Å². The van der Waals surface area contributed by atoms with E-state index in [0.717, 1.165) is 5.56 Å². The fourth-order valence-electron chi connectivity index (χ4n) is 3.69. The number of para-hydroxylation sites is 1. The van der Waals surface area contributed by atoms with E-state index in [1.165, 1.54) is 27.6 Å². The van der Waals surface area contributed by atoms with Crippen LogP contribution in [0, 0.1) is 18.7 Å². The second-order valence-corrected chi connectivity index (χ2v) is 7.89. The standard InChI is InChI=1S/C23H23FN4O2/c1-15(2)12-27-22(29)20-21(28(23(27)30)19-10-5-4-7-16(19)3)25-14-26(20)13-17-8-6-9-18(24)11-17/h4-11,14-15H,12-13H2,1-3H3. The van der Waals surface area contributed by atoms with Crippen LogP contribution in [0.4, 0.5) is 4.39 Å². The first kappa shape index (κ1) is 19.8. The average molecular weight is 406 g/mol. The lowest BCUT2D eigenvalue weighted by atomic mass is 10.2. The summed E-state index contributed by atoms with van der Waals surface area (Å²) >= 11 is 0. The molecule has 0 spiro atoms. The number of nitrogens with zero attached hydrogens (tertiary/aromatic N) is 4. The van der Waals surface area contributed by atoms with Gasteiger partial charge in [-0.25, -0.2) is 18.7 Å². The van der Waals surface area contributed by atoms with Gasteiger partial charge < -0.3 is 4.57 Å². The Kier molecular flexibility index (Phi) is 5.11. The molecular formula is C23H23FN4O2.